The summed E-state index contributed by atoms with van der Waals surface area (Å²) in [6, 6.07) is 14.9. The van der Waals surface area contributed by atoms with E-state index in [0.717, 1.165) is 11.3 Å². The monoisotopic (exact) mass is 240 g/mol. The highest BCUT2D eigenvalue weighted by Crippen LogP contribution is 2.19. The number of benzene rings is 2. The van der Waals surface area contributed by atoms with Crippen molar-refractivity contribution in [2.45, 2.75) is 6.92 Å². The number of nitrogen functional groups attached to an aromatic ring is 1. The molecule has 0 heterocycles. The van der Waals surface area contributed by atoms with Gasteiger partial charge < -0.3 is 10.6 Å². The second-order valence-electron chi connectivity index (χ2n) is 4.29. The van der Waals surface area contributed by atoms with E-state index in [2.05, 4.69) is 0 Å². The van der Waals surface area contributed by atoms with Gasteiger partial charge in [0.25, 0.3) is 5.91 Å². The zero-order chi connectivity index (χ0) is 13.1. The van der Waals surface area contributed by atoms with Crippen molar-refractivity contribution in [3.63, 3.8) is 0 Å². The van der Waals surface area contributed by atoms with Crippen molar-refractivity contribution in [3.05, 3.63) is 59.7 Å². The summed E-state index contributed by atoms with van der Waals surface area (Å²) in [4.78, 5) is 13.9. The zero-order valence-electron chi connectivity index (χ0n) is 10.6. The molecule has 0 aliphatic heterocycles. The number of aryl methyl sites for hydroxylation is 1. The van der Waals surface area contributed by atoms with E-state index in [-0.39, 0.29) is 5.91 Å². The molecule has 0 unspecified atom stereocenters. The molecule has 0 radical (unpaired) electrons. The van der Waals surface area contributed by atoms with Gasteiger partial charge in [0.15, 0.2) is 0 Å². The number of para-hydroxylation sites is 1. The maximum absolute atomic E-state index is 12.3. The molecule has 2 aromatic rings. The standard InChI is InChI=1S/C15H16N2O/c1-11-6-5-7-12(10-11)17(2)15(18)13-8-3-4-9-14(13)16/h3-10H,16H2,1-2H3. The lowest BCUT2D eigenvalue weighted by molar-refractivity contribution is 0.0994. The Kier molecular flexibility index (Phi) is 3.33. The van der Waals surface area contributed by atoms with Gasteiger partial charge in [-0.2, -0.15) is 0 Å². The van der Waals surface area contributed by atoms with Crippen molar-refractivity contribution in [2.24, 2.45) is 0 Å². The lowest BCUT2D eigenvalue weighted by Gasteiger charge is -2.18. The molecule has 1 amide bonds. The molecule has 3 nitrogen and oxygen atoms in total. The topological polar surface area (TPSA) is 46.3 Å². The molecule has 18 heavy (non-hydrogen) atoms. The van der Waals surface area contributed by atoms with Crippen LogP contribution in [0.1, 0.15) is 15.9 Å². The number of carbonyl (C=O) groups is 1. The molecule has 0 fully saturated rings. The van der Waals surface area contributed by atoms with Crippen molar-refractivity contribution < 1.29 is 4.79 Å². The number of nitrogens with zero attached hydrogens (tertiary/aromatic N) is 1. The quantitative estimate of drug-likeness (QED) is 0.820. The van der Waals surface area contributed by atoms with Crippen molar-refractivity contribution in [1.82, 2.24) is 0 Å². The molecule has 0 aliphatic carbocycles. The normalized spacial score (nSPS) is 10.1. The predicted molar refractivity (Wildman–Crippen MR) is 74.8 cm³/mol. The minimum Gasteiger partial charge on any atom is -0.398 e. The van der Waals surface area contributed by atoms with Crippen LogP contribution in [-0.4, -0.2) is 13.0 Å². The summed E-state index contributed by atoms with van der Waals surface area (Å²) >= 11 is 0. The number of hydrogen-bond donors (Lipinski definition) is 1. The van der Waals surface area contributed by atoms with Crippen LogP contribution in [0.15, 0.2) is 48.5 Å². The zero-order valence-corrected chi connectivity index (χ0v) is 10.6. The number of anilines is 2. The highest BCUT2D eigenvalue weighted by Gasteiger charge is 2.15. The second-order valence-corrected chi connectivity index (χ2v) is 4.29. The smallest absolute Gasteiger partial charge is 0.260 e. The van der Waals surface area contributed by atoms with E-state index in [9.17, 15) is 4.79 Å². The molecule has 0 spiro atoms. The van der Waals surface area contributed by atoms with E-state index in [4.69, 9.17) is 5.73 Å². The van der Waals surface area contributed by atoms with Crippen LogP contribution in [0.4, 0.5) is 11.4 Å². The summed E-state index contributed by atoms with van der Waals surface area (Å²) in [5, 5.41) is 0. The lowest BCUT2D eigenvalue weighted by atomic mass is 10.1. The maximum atomic E-state index is 12.3. The summed E-state index contributed by atoms with van der Waals surface area (Å²) in [5.74, 6) is -0.0984. The fraction of sp³-hybridized carbons (Fsp3) is 0.133. The molecule has 0 bridgehead atoms. The van der Waals surface area contributed by atoms with Gasteiger partial charge in [0.1, 0.15) is 0 Å². The lowest BCUT2D eigenvalue weighted by Crippen LogP contribution is -2.27. The average Bonchev–Trinajstić information content (AvgIpc) is 2.37. The molecule has 0 aliphatic rings. The first-order valence-electron chi connectivity index (χ1n) is 5.79. The van der Waals surface area contributed by atoms with E-state index < -0.39 is 0 Å². The SMILES string of the molecule is Cc1cccc(N(C)C(=O)c2ccccc2N)c1. The van der Waals surface area contributed by atoms with E-state index >= 15 is 0 Å². The van der Waals surface area contributed by atoms with E-state index in [1.807, 2.05) is 43.3 Å². The van der Waals surface area contributed by atoms with Crippen molar-refractivity contribution in [1.29, 1.82) is 0 Å². The van der Waals surface area contributed by atoms with Crippen molar-refractivity contribution in [2.75, 3.05) is 17.7 Å². The largest absolute Gasteiger partial charge is 0.398 e. The van der Waals surface area contributed by atoms with Crippen LogP contribution in [0, 0.1) is 6.92 Å². The summed E-state index contributed by atoms with van der Waals surface area (Å²) in [7, 11) is 1.75. The summed E-state index contributed by atoms with van der Waals surface area (Å²) in [5.41, 5.74) is 8.83. The third-order valence-corrected chi connectivity index (χ3v) is 2.88. The molecule has 0 saturated heterocycles. The summed E-state index contributed by atoms with van der Waals surface area (Å²) < 4.78 is 0. The molecule has 2 rings (SSSR count). The second kappa shape index (κ2) is 4.92. The van der Waals surface area contributed by atoms with Gasteiger partial charge in [0, 0.05) is 18.4 Å². The predicted octanol–water partition coefficient (Wildman–Crippen LogP) is 2.85. The van der Waals surface area contributed by atoms with Gasteiger partial charge in [0.05, 0.1) is 5.56 Å². The first-order valence-corrected chi connectivity index (χ1v) is 5.79. The Labute approximate surface area is 107 Å². The minimum atomic E-state index is -0.0984. The molecule has 0 atom stereocenters. The van der Waals surface area contributed by atoms with Crippen molar-refractivity contribution in [3.8, 4) is 0 Å². The summed E-state index contributed by atoms with van der Waals surface area (Å²) in [6.07, 6.45) is 0. The van der Waals surface area contributed by atoms with Gasteiger partial charge in [0.2, 0.25) is 0 Å². The number of amides is 1. The van der Waals surface area contributed by atoms with Gasteiger partial charge in [-0.3, -0.25) is 4.79 Å². The van der Waals surface area contributed by atoms with Crippen LogP contribution in [-0.2, 0) is 0 Å². The highest BCUT2D eigenvalue weighted by atomic mass is 16.2. The fourth-order valence-corrected chi connectivity index (χ4v) is 1.83. The molecule has 0 aromatic heterocycles. The minimum absolute atomic E-state index is 0.0984. The Morgan fingerprint density at radius 2 is 1.83 bits per heavy atom. The first kappa shape index (κ1) is 12.2. The van der Waals surface area contributed by atoms with Gasteiger partial charge in [-0.25, -0.2) is 0 Å². The fourth-order valence-electron chi connectivity index (χ4n) is 1.83. The molecular formula is C15H16N2O. The van der Waals surface area contributed by atoms with Crippen LogP contribution in [0.3, 0.4) is 0 Å². The molecule has 3 heteroatoms. The van der Waals surface area contributed by atoms with Crippen LogP contribution < -0.4 is 10.6 Å². The van der Waals surface area contributed by atoms with E-state index in [1.165, 1.54) is 0 Å². The number of rotatable bonds is 2. The van der Waals surface area contributed by atoms with Crippen LogP contribution in [0.5, 0.6) is 0 Å². The molecule has 2 aromatic carbocycles. The highest BCUT2D eigenvalue weighted by molar-refractivity contribution is 6.08. The molecular weight excluding hydrogens is 224 g/mol. The number of carbonyl (C=O) groups excluding carboxylic acids is 1. The van der Waals surface area contributed by atoms with Gasteiger partial charge in [-0.15, -0.1) is 0 Å². The van der Waals surface area contributed by atoms with Gasteiger partial charge >= 0.3 is 0 Å². The number of nitrogens with two attached hydrogens (primary N) is 1. The first-order chi connectivity index (χ1) is 8.59. The van der Waals surface area contributed by atoms with Crippen molar-refractivity contribution >= 4 is 17.3 Å². The third kappa shape index (κ3) is 2.35. The van der Waals surface area contributed by atoms with Crippen LogP contribution in [0.2, 0.25) is 0 Å². The van der Waals surface area contributed by atoms with Crippen LogP contribution >= 0.6 is 0 Å². The summed E-state index contributed by atoms with van der Waals surface area (Å²) in [6.45, 7) is 2.00. The Morgan fingerprint density at radius 3 is 2.50 bits per heavy atom. The van der Waals surface area contributed by atoms with Crippen LogP contribution in [0.25, 0.3) is 0 Å². The Balaban J connectivity index is 2.32. The van der Waals surface area contributed by atoms with Gasteiger partial charge in [-0.05, 0) is 36.8 Å². The maximum Gasteiger partial charge on any atom is 0.260 e. The molecule has 92 valence electrons. The Hall–Kier alpha value is -2.29. The molecule has 2 N–H and O–H groups in total. The Morgan fingerprint density at radius 1 is 1.11 bits per heavy atom. The average molecular weight is 240 g/mol. The molecule has 0 saturated carbocycles. The third-order valence-electron chi connectivity index (χ3n) is 2.88. The number of hydrogen-bond acceptors (Lipinski definition) is 2. The van der Waals surface area contributed by atoms with E-state index in [1.54, 1.807) is 24.1 Å². The Bertz CT molecular complexity index is 578. The van der Waals surface area contributed by atoms with Gasteiger partial charge in [-0.1, -0.05) is 24.3 Å². The van der Waals surface area contributed by atoms with E-state index in [0.29, 0.717) is 11.3 Å².